The fourth-order valence-corrected chi connectivity index (χ4v) is 4.11. The summed E-state index contributed by atoms with van der Waals surface area (Å²) in [4.78, 5) is 40.1. The van der Waals surface area contributed by atoms with Gasteiger partial charge < -0.3 is 19.5 Å². The zero-order valence-electron chi connectivity index (χ0n) is 20.3. The largest absolute Gasteiger partial charge is 0.515 e. The lowest BCUT2D eigenvalue weighted by molar-refractivity contribution is 0.0715. The van der Waals surface area contributed by atoms with Crippen molar-refractivity contribution in [3.8, 4) is 11.6 Å². The fraction of sp³-hybridized carbons (Fsp3) is 0.200. The first kappa shape index (κ1) is 28.4. The number of halogens is 1. The van der Waals surface area contributed by atoms with E-state index in [0.717, 1.165) is 18.3 Å². The SMILES string of the molecule is CC(C)OC(=O)Oc1ccc(C(=O)NS(=O)(=O)c2ccc(Cl)c(C(=O)NCCOc3ccccc3)c2)cn1. The van der Waals surface area contributed by atoms with Crippen LogP contribution in [0, 0.1) is 0 Å². The van der Waals surface area contributed by atoms with Crippen LogP contribution in [-0.2, 0) is 14.8 Å². The standard InChI is InChI=1S/C25H24ClN3O8S/c1-16(2)36-25(32)37-22-11-8-17(15-28-22)23(30)29-38(33,34)19-9-10-21(26)20(14-19)24(31)27-12-13-35-18-6-4-3-5-7-18/h3-11,14-16H,12-13H2,1-2H3,(H,27,31)(H,29,30). The van der Waals surface area contributed by atoms with Gasteiger partial charge in [-0.25, -0.2) is 22.9 Å². The molecule has 0 aliphatic carbocycles. The second-order valence-corrected chi connectivity index (χ2v) is 9.99. The third-order valence-electron chi connectivity index (χ3n) is 4.64. The first-order valence-corrected chi connectivity index (χ1v) is 13.1. The van der Waals surface area contributed by atoms with Crippen LogP contribution in [-0.4, -0.2) is 50.6 Å². The van der Waals surface area contributed by atoms with E-state index in [-0.39, 0.29) is 40.1 Å². The van der Waals surface area contributed by atoms with Crippen molar-refractivity contribution in [2.45, 2.75) is 24.8 Å². The number of amides is 2. The van der Waals surface area contributed by atoms with Gasteiger partial charge in [-0.15, -0.1) is 0 Å². The first-order valence-electron chi connectivity index (χ1n) is 11.2. The fourth-order valence-electron chi connectivity index (χ4n) is 2.91. The molecule has 1 heterocycles. The van der Waals surface area contributed by atoms with Crippen molar-refractivity contribution < 1.29 is 37.0 Å². The highest BCUT2D eigenvalue weighted by atomic mass is 35.5. The van der Waals surface area contributed by atoms with E-state index < -0.39 is 34.1 Å². The molecule has 13 heteroatoms. The van der Waals surface area contributed by atoms with Crippen LogP contribution in [0.3, 0.4) is 0 Å². The Morgan fingerprint density at radius 2 is 1.74 bits per heavy atom. The maximum atomic E-state index is 12.8. The van der Waals surface area contributed by atoms with Crippen molar-refractivity contribution in [1.82, 2.24) is 15.0 Å². The number of hydrogen-bond donors (Lipinski definition) is 2. The summed E-state index contributed by atoms with van der Waals surface area (Å²) in [5, 5.41) is 2.62. The summed E-state index contributed by atoms with van der Waals surface area (Å²) in [7, 11) is -4.38. The Kier molecular flexibility index (Phi) is 9.63. The topological polar surface area (TPSA) is 150 Å². The summed E-state index contributed by atoms with van der Waals surface area (Å²) in [6.45, 7) is 3.60. The number of carbonyl (C=O) groups is 3. The molecular weight excluding hydrogens is 538 g/mol. The quantitative estimate of drug-likeness (QED) is 0.279. The number of nitrogens with zero attached hydrogens (tertiary/aromatic N) is 1. The van der Waals surface area contributed by atoms with Crippen LogP contribution >= 0.6 is 11.6 Å². The van der Waals surface area contributed by atoms with Crippen LogP contribution in [0.15, 0.2) is 71.8 Å². The summed E-state index contributed by atoms with van der Waals surface area (Å²) in [6.07, 6.45) is -0.342. The summed E-state index contributed by atoms with van der Waals surface area (Å²) in [5.41, 5.74) is -0.221. The van der Waals surface area contributed by atoms with Crippen LogP contribution in [0.2, 0.25) is 5.02 Å². The van der Waals surface area contributed by atoms with Crippen LogP contribution in [0.5, 0.6) is 11.6 Å². The van der Waals surface area contributed by atoms with Gasteiger partial charge in [0.25, 0.3) is 21.8 Å². The minimum absolute atomic E-state index is 0.0209. The molecule has 200 valence electrons. The molecule has 0 atom stereocenters. The molecule has 3 rings (SSSR count). The Morgan fingerprint density at radius 3 is 2.39 bits per heavy atom. The molecule has 0 unspecified atom stereocenters. The number of carbonyl (C=O) groups excluding carboxylic acids is 3. The Morgan fingerprint density at radius 1 is 1.00 bits per heavy atom. The van der Waals surface area contributed by atoms with Crippen molar-refractivity contribution in [3.05, 3.63) is 83.0 Å². The van der Waals surface area contributed by atoms with E-state index in [4.69, 9.17) is 25.8 Å². The van der Waals surface area contributed by atoms with Gasteiger partial charge in [-0.3, -0.25) is 9.59 Å². The number of sulfonamides is 1. The van der Waals surface area contributed by atoms with Gasteiger partial charge in [0.05, 0.1) is 33.7 Å². The summed E-state index contributed by atoms with van der Waals surface area (Å²) >= 11 is 6.10. The summed E-state index contributed by atoms with van der Waals surface area (Å²) < 4.78 is 42.7. The molecule has 0 aliphatic rings. The van der Waals surface area contributed by atoms with E-state index in [1.807, 2.05) is 22.9 Å². The van der Waals surface area contributed by atoms with Gasteiger partial charge in [-0.05, 0) is 50.2 Å². The summed E-state index contributed by atoms with van der Waals surface area (Å²) in [5.74, 6) is -1.12. The Labute approximate surface area is 224 Å². The molecule has 1 aromatic heterocycles. The predicted molar refractivity (Wildman–Crippen MR) is 137 cm³/mol. The zero-order valence-corrected chi connectivity index (χ0v) is 21.9. The number of hydrogen-bond acceptors (Lipinski definition) is 9. The lowest BCUT2D eigenvalue weighted by Gasteiger charge is -2.11. The zero-order chi connectivity index (χ0) is 27.7. The molecule has 3 aromatic rings. The van der Waals surface area contributed by atoms with E-state index in [1.54, 1.807) is 26.0 Å². The molecular formula is C25H24ClN3O8S. The highest BCUT2D eigenvalue weighted by Gasteiger charge is 2.22. The molecule has 0 radical (unpaired) electrons. The lowest BCUT2D eigenvalue weighted by Crippen LogP contribution is -2.31. The number of para-hydroxylation sites is 1. The second-order valence-electron chi connectivity index (χ2n) is 7.90. The molecule has 2 N–H and O–H groups in total. The molecule has 11 nitrogen and oxygen atoms in total. The molecule has 0 saturated heterocycles. The Bertz CT molecular complexity index is 1400. The second kappa shape index (κ2) is 12.9. The van der Waals surface area contributed by atoms with Gasteiger partial charge in [0.1, 0.15) is 12.4 Å². The lowest BCUT2D eigenvalue weighted by atomic mass is 10.2. The van der Waals surface area contributed by atoms with Gasteiger partial charge in [0.15, 0.2) is 0 Å². The average molecular weight is 562 g/mol. The van der Waals surface area contributed by atoms with Crippen molar-refractivity contribution in [3.63, 3.8) is 0 Å². The molecule has 38 heavy (non-hydrogen) atoms. The summed E-state index contributed by atoms with van der Waals surface area (Å²) in [6, 6.07) is 14.9. The predicted octanol–water partition coefficient (Wildman–Crippen LogP) is 3.59. The maximum absolute atomic E-state index is 12.8. The molecule has 2 amide bonds. The minimum Gasteiger partial charge on any atom is -0.492 e. The van der Waals surface area contributed by atoms with Crippen LogP contribution in [0.25, 0.3) is 0 Å². The molecule has 2 aromatic carbocycles. The average Bonchev–Trinajstić information content (AvgIpc) is 2.87. The normalized spacial score (nSPS) is 10.9. The third-order valence-corrected chi connectivity index (χ3v) is 6.30. The number of aromatic nitrogens is 1. The third kappa shape index (κ3) is 8.18. The highest BCUT2D eigenvalue weighted by molar-refractivity contribution is 7.90. The Balaban J connectivity index is 1.62. The molecule has 0 aliphatic heterocycles. The first-order chi connectivity index (χ1) is 18.0. The Hall–Kier alpha value is -4.16. The van der Waals surface area contributed by atoms with Crippen molar-refractivity contribution in [1.29, 1.82) is 0 Å². The van der Waals surface area contributed by atoms with Gasteiger partial charge in [0, 0.05) is 12.3 Å². The van der Waals surface area contributed by atoms with E-state index in [1.165, 1.54) is 18.2 Å². The smallest absolute Gasteiger partial charge is 0.492 e. The number of rotatable bonds is 10. The van der Waals surface area contributed by atoms with Gasteiger partial charge in [0.2, 0.25) is 5.88 Å². The monoisotopic (exact) mass is 561 g/mol. The van der Waals surface area contributed by atoms with Crippen LogP contribution in [0.4, 0.5) is 4.79 Å². The highest BCUT2D eigenvalue weighted by Crippen LogP contribution is 2.21. The van der Waals surface area contributed by atoms with Crippen LogP contribution in [0.1, 0.15) is 34.6 Å². The number of nitrogens with one attached hydrogen (secondary N) is 2. The number of benzene rings is 2. The van der Waals surface area contributed by atoms with Gasteiger partial charge in [-0.1, -0.05) is 29.8 Å². The van der Waals surface area contributed by atoms with E-state index in [2.05, 4.69) is 10.3 Å². The molecule has 0 spiro atoms. The van der Waals surface area contributed by atoms with E-state index in [0.29, 0.717) is 5.75 Å². The number of ether oxygens (including phenoxy) is 3. The van der Waals surface area contributed by atoms with Crippen molar-refractivity contribution in [2.75, 3.05) is 13.2 Å². The molecule has 0 fully saturated rings. The van der Waals surface area contributed by atoms with Gasteiger partial charge >= 0.3 is 6.16 Å². The maximum Gasteiger partial charge on any atom is 0.515 e. The molecule has 0 bridgehead atoms. The minimum atomic E-state index is -4.38. The van der Waals surface area contributed by atoms with Crippen LogP contribution < -0.4 is 19.5 Å². The van der Waals surface area contributed by atoms with Crippen molar-refractivity contribution >= 4 is 39.6 Å². The molecule has 0 saturated carbocycles. The van der Waals surface area contributed by atoms with E-state index in [9.17, 15) is 22.8 Å². The van der Waals surface area contributed by atoms with Gasteiger partial charge in [-0.2, -0.15) is 0 Å². The van der Waals surface area contributed by atoms with E-state index >= 15 is 0 Å². The number of pyridine rings is 1. The van der Waals surface area contributed by atoms with Crippen molar-refractivity contribution in [2.24, 2.45) is 0 Å².